The van der Waals surface area contributed by atoms with E-state index in [1.807, 2.05) is 25.1 Å². The molecule has 20 heavy (non-hydrogen) atoms. The first-order valence-corrected chi connectivity index (χ1v) is 7.58. The van der Waals surface area contributed by atoms with Crippen LogP contribution in [0, 0.1) is 6.92 Å². The van der Waals surface area contributed by atoms with Gasteiger partial charge in [-0.15, -0.1) is 0 Å². The maximum Gasteiger partial charge on any atom is 0.120 e. The first kappa shape index (κ1) is 13.7. The van der Waals surface area contributed by atoms with Gasteiger partial charge in [0.1, 0.15) is 11.5 Å². The van der Waals surface area contributed by atoms with Crippen molar-refractivity contribution in [3.05, 3.63) is 58.5 Å². The molecule has 0 spiro atoms. The Morgan fingerprint density at radius 2 is 1.95 bits per heavy atom. The second-order valence-corrected chi connectivity index (χ2v) is 6.13. The van der Waals surface area contributed by atoms with Crippen molar-refractivity contribution in [2.75, 3.05) is 0 Å². The Morgan fingerprint density at radius 1 is 1.20 bits per heavy atom. The number of hydrogen-bond donors (Lipinski definition) is 1. The van der Waals surface area contributed by atoms with Crippen molar-refractivity contribution in [3.63, 3.8) is 0 Å². The molecule has 1 unspecified atom stereocenters. The molecule has 1 aromatic heterocycles. The first-order chi connectivity index (χ1) is 9.63. The molecule has 1 aliphatic carbocycles. The van der Waals surface area contributed by atoms with E-state index in [9.17, 15) is 0 Å². The number of halogens is 1. The summed E-state index contributed by atoms with van der Waals surface area (Å²) in [5.41, 5.74) is 1.29. The number of furan rings is 1. The third-order valence-electron chi connectivity index (χ3n) is 4.16. The summed E-state index contributed by atoms with van der Waals surface area (Å²) in [6, 6.07) is 13.1. The molecule has 1 fully saturated rings. The average Bonchev–Trinajstić information content (AvgIpc) is 2.81. The van der Waals surface area contributed by atoms with Gasteiger partial charge in [0.25, 0.3) is 0 Å². The maximum absolute atomic E-state index is 6.25. The zero-order valence-corrected chi connectivity index (χ0v) is 12.7. The molecule has 0 bridgehead atoms. The van der Waals surface area contributed by atoms with Gasteiger partial charge in [-0.3, -0.25) is 0 Å². The highest BCUT2D eigenvalue weighted by Crippen LogP contribution is 2.40. The molecular weight excluding hydrogens is 270 g/mol. The smallest absolute Gasteiger partial charge is 0.120 e. The Kier molecular flexibility index (Phi) is 3.86. The largest absolute Gasteiger partial charge is 0.465 e. The van der Waals surface area contributed by atoms with Crippen LogP contribution in [-0.4, -0.2) is 6.04 Å². The van der Waals surface area contributed by atoms with Crippen LogP contribution in [0.3, 0.4) is 0 Å². The van der Waals surface area contributed by atoms with E-state index in [4.69, 9.17) is 16.0 Å². The molecule has 106 valence electrons. The number of aryl methyl sites for hydroxylation is 1. The Balaban J connectivity index is 1.55. The molecule has 1 aromatic carbocycles. The maximum atomic E-state index is 6.25. The molecule has 3 heteroatoms. The minimum atomic E-state index is 0.265. The molecule has 3 rings (SSSR count). The van der Waals surface area contributed by atoms with Crippen molar-refractivity contribution in [3.8, 4) is 0 Å². The lowest BCUT2D eigenvalue weighted by Gasteiger charge is -2.38. The molecule has 2 aromatic rings. The van der Waals surface area contributed by atoms with Crippen LogP contribution in [0.2, 0.25) is 5.02 Å². The van der Waals surface area contributed by atoms with Gasteiger partial charge in [0.05, 0.1) is 6.04 Å². The van der Waals surface area contributed by atoms with Crippen molar-refractivity contribution < 1.29 is 4.42 Å². The molecule has 0 amide bonds. The summed E-state index contributed by atoms with van der Waals surface area (Å²) in [5.74, 6) is 2.58. The van der Waals surface area contributed by atoms with Gasteiger partial charge in [-0.05, 0) is 56.4 Å². The van der Waals surface area contributed by atoms with Gasteiger partial charge in [0.2, 0.25) is 0 Å². The molecule has 0 radical (unpaired) electrons. The number of nitrogens with one attached hydrogen (secondary N) is 1. The zero-order valence-electron chi connectivity index (χ0n) is 11.9. The quantitative estimate of drug-likeness (QED) is 0.871. The van der Waals surface area contributed by atoms with Crippen molar-refractivity contribution in [2.24, 2.45) is 0 Å². The third-order valence-corrected chi connectivity index (χ3v) is 4.50. The first-order valence-electron chi connectivity index (χ1n) is 7.20. The fourth-order valence-electron chi connectivity index (χ4n) is 2.94. The van der Waals surface area contributed by atoms with E-state index in [-0.39, 0.29) is 6.04 Å². The summed E-state index contributed by atoms with van der Waals surface area (Å²) in [6.45, 7) is 4.13. The predicted molar refractivity (Wildman–Crippen MR) is 82.2 cm³/mol. The van der Waals surface area contributed by atoms with Crippen LogP contribution in [0.5, 0.6) is 0 Å². The van der Waals surface area contributed by atoms with Gasteiger partial charge >= 0.3 is 0 Å². The SMILES string of the molecule is Cc1ccc(C(C)NC2CC(c3ccccc3Cl)C2)o1. The van der Waals surface area contributed by atoms with E-state index in [1.54, 1.807) is 0 Å². The van der Waals surface area contributed by atoms with E-state index in [2.05, 4.69) is 30.4 Å². The van der Waals surface area contributed by atoms with E-state index < -0.39 is 0 Å². The lowest BCUT2D eigenvalue weighted by molar-refractivity contribution is 0.257. The molecule has 1 aliphatic rings. The van der Waals surface area contributed by atoms with Gasteiger partial charge in [0, 0.05) is 11.1 Å². The molecule has 2 nitrogen and oxygen atoms in total. The van der Waals surface area contributed by atoms with Crippen molar-refractivity contribution in [1.82, 2.24) is 5.32 Å². The fraction of sp³-hybridized carbons (Fsp3) is 0.412. The fourth-order valence-corrected chi connectivity index (χ4v) is 3.23. The number of hydrogen-bond acceptors (Lipinski definition) is 2. The van der Waals surface area contributed by atoms with Crippen LogP contribution in [0.1, 0.15) is 48.8 Å². The molecule has 1 atom stereocenters. The van der Waals surface area contributed by atoms with Crippen LogP contribution in [0.25, 0.3) is 0 Å². The topological polar surface area (TPSA) is 25.2 Å². The molecule has 0 aliphatic heterocycles. The standard InChI is InChI=1S/C17H20ClNO/c1-11-7-8-17(20-11)12(2)19-14-9-13(10-14)15-5-3-4-6-16(15)18/h3-8,12-14,19H,9-10H2,1-2H3. The summed E-state index contributed by atoms with van der Waals surface area (Å²) >= 11 is 6.25. The number of rotatable bonds is 4. The van der Waals surface area contributed by atoms with Crippen LogP contribution in [0.15, 0.2) is 40.8 Å². The summed E-state index contributed by atoms with van der Waals surface area (Å²) < 4.78 is 5.66. The average molecular weight is 290 g/mol. The lowest BCUT2D eigenvalue weighted by Crippen LogP contribution is -2.41. The summed E-state index contributed by atoms with van der Waals surface area (Å²) in [5, 5.41) is 4.52. The van der Waals surface area contributed by atoms with Crippen molar-refractivity contribution in [1.29, 1.82) is 0 Å². The van der Waals surface area contributed by atoms with Crippen LogP contribution >= 0.6 is 11.6 Å². The Labute approximate surface area is 125 Å². The van der Waals surface area contributed by atoms with E-state index in [0.29, 0.717) is 12.0 Å². The molecular formula is C17H20ClNO. The molecule has 1 N–H and O–H groups in total. The van der Waals surface area contributed by atoms with E-state index in [1.165, 1.54) is 5.56 Å². The lowest BCUT2D eigenvalue weighted by atomic mass is 9.75. The van der Waals surface area contributed by atoms with Gasteiger partial charge in [-0.2, -0.15) is 0 Å². The Morgan fingerprint density at radius 3 is 2.60 bits per heavy atom. The van der Waals surface area contributed by atoms with Crippen LogP contribution < -0.4 is 5.32 Å². The summed E-state index contributed by atoms with van der Waals surface area (Å²) in [6.07, 6.45) is 2.29. The third kappa shape index (κ3) is 2.77. The highest BCUT2D eigenvalue weighted by atomic mass is 35.5. The molecule has 0 saturated heterocycles. The van der Waals surface area contributed by atoms with Gasteiger partial charge in [-0.25, -0.2) is 0 Å². The zero-order chi connectivity index (χ0) is 14.1. The predicted octanol–water partition coefficient (Wildman–Crippen LogP) is 4.84. The minimum Gasteiger partial charge on any atom is -0.465 e. The highest BCUT2D eigenvalue weighted by molar-refractivity contribution is 6.31. The summed E-state index contributed by atoms with van der Waals surface area (Å²) in [7, 11) is 0. The van der Waals surface area contributed by atoms with E-state index in [0.717, 1.165) is 29.4 Å². The monoisotopic (exact) mass is 289 g/mol. The van der Waals surface area contributed by atoms with Crippen molar-refractivity contribution in [2.45, 2.75) is 44.7 Å². The van der Waals surface area contributed by atoms with Crippen LogP contribution in [0.4, 0.5) is 0 Å². The Bertz CT molecular complexity index is 586. The number of benzene rings is 1. The van der Waals surface area contributed by atoms with E-state index >= 15 is 0 Å². The summed E-state index contributed by atoms with van der Waals surface area (Å²) in [4.78, 5) is 0. The molecule has 1 heterocycles. The second kappa shape index (κ2) is 5.63. The normalized spacial score (nSPS) is 23.4. The van der Waals surface area contributed by atoms with Gasteiger partial charge in [-0.1, -0.05) is 29.8 Å². The van der Waals surface area contributed by atoms with Crippen LogP contribution in [-0.2, 0) is 0 Å². The van der Waals surface area contributed by atoms with Gasteiger partial charge in [0.15, 0.2) is 0 Å². The Hall–Kier alpha value is -1.25. The molecule has 1 saturated carbocycles. The highest BCUT2D eigenvalue weighted by Gasteiger charge is 2.32. The van der Waals surface area contributed by atoms with Gasteiger partial charge < -0.3 is 9.73 Å². The minimum absolute atomic E-state index is 0.265. The second-order valence-electron chi connectivity index (χ2n) is 5.72. The van der Waals surface area contributed by atoms with Crippen molar-refractivity contribution >= 4 is 11.6 Å².